The molecule has 0 atom stereocenters. The molecule has 1 N–H and O–H groups in total. The highest BCUT2D eigenvalue weighted by Gasteiger charge is 2.17. The fourth-order valence-electron chi connectivity index (χ4n) is 1.07. The number of para-hydroxylation sites is 1. The van der Waals surface area contributed by atoms with Crippen LogP contribution in [0, 0.1) is 0 Å². The van der Waals surface area contributed by atoms with Crippen molar-refractivity contribution in [2.45, 2.75) is 0 Å². The van der Waals surface area contributed by atoms with E-state index in [1.165, 1.54) is 14.2 Å². The molecule has 0 spiro atoms. The van der Waals surface area contributed by atoms with Crippen LogP contribution < -0.4 is 10.1 Å². The van der Waals surface area contributed by atoms with Crippen molar-refractivity contribution in [3.05, 3.63) is 29.8 Å². The molecule has 0 aliphatic rings. The fraction of sp³-hybridized carbons (Fsp3) is 0.200. The van der Waals surface area contributed by atoms with Gasteiger partial charge >= 0.3 is 0 Å². The van der Waals surface area contributed by atoms with Gasteiger partial charge in [0.1, 0.15) is 5.75 Å². The van der Waals surface area contributed by atoms with Crippen molar-refractivity contribution in [3.63, 3.8) is 0 Å². The van der Waals surface area contributed by atoms with Crippen LogP contribution in [0.15, 0.2) is 24.3 Å². The number of methoxy groups -OCH3 is 1. The molecule has 1 rings (SSSR count). The number of carbonyl (C=O) groups is 2. The van der Waals surface area contributed by atoms with Crippen molar-refractivity contribution in [2.75, 3.05) is 14.2 Å². The molecule has 0 aromatic heterocycles. The van der Waals surface area contributed by atoms with Crippen LogP contribution in [0.5, 0.6) is 5.75 Å². The molecule has 1 aromatic carbocycles. The Labute approximate surface area is 81.9 Å². The van der Waals surface area contributed by atoms with E-state index >= 15 is 0 Å². The van der Waals surface area contributed by atoms with Crippen LogP contribution in [0.25, 0.3) is 0 Å². The van der Waals surface area contributed by atoms with Crippen LogP contribution in [-0.2, 0) is 4.79 Å². The number of hydrogen-bond donors (Lipinski definition) is 1. The molecule has 0 saturated heterocycles. The van der Waals surface area contributed by atoms with Crippen LogP contribution >= 0.6 is 0 Å². The van der Waals surface area contributed by atoms with Crippen molar-refractivity contribution >= 4 is 11.7 Å². The van der Waals surface area contributed by atoms with Crippen LogP contribution in [0.1, 0.15) is 10.4 Å². The van der Waals surface area contributed by atoms with Crippen molar-refractivity contribution in [2.24, 2.45) is 0 Å². The number of benzene rings is 1. The molecule has 0 saturated carbocycles. The number of nitrogens with one attached hydrogen (secondary N) is 1. The maximum Gasteiger partial charge on any atom is 0.292 e. The number of ketones is 1. The van der Waals surface area contributed by atoms with Crippen molar-refractivity contribution in [1.29, 1.82) is 0 Å². The monoisotopic (exact) mass is 193 g/mol. The Morgan fingerprint density at radius 1 is 1.29 bits per heavy atom. The van der Waals surface area contributed by atoms with E-state index in [4.69, 9.17) is 4.74 Å². The van der Waals surface area contributed by atoms with Gasteiger partial charge in [0, 0.05) is 7.05 Å². The van der Waals surface area contributed by atoms with Gasteiger partial charge in [0.25, 0.3) is 11.7 Å². The lowest BCUT2D eigenvalue weighted by atomic mass is 10.1. The average molecular weight is 193 g/mol. The smallest absolute Gasteiger partial charge is 0.292 e. The maximum atomic E-state index is 11.5. The van der Waals surface area contributed by atoms with Gasteiger partial charge in [-0.3, -0.25) is 9.59 Å². The first kappa shape index (κ1) is 10.2. The summed E-state index contributed by atoms with van der Waals surface area (Å²) >= 11 is 0. The summed E-state index contributed by atoms with van der Waals surface area (Å²) in [5, 5.41) is 2.27. The molecular formula is C10H11NO3. The molecule has 0 radical (unpaired) electrons. The molecule has 1 aromatic rings. The number of Topliss-reactive ketones (excluding diaryl/α,β-unsaturated/α-hetero) is 1. The Morgan fingerprint density at radius 3 is 2.50 bits per heavy atom. The first-order valence-electron chi connectivity index (χ1n) is 4.10. The predicted octanol–water partition coefficient (Wildman–Crippen LogP) is 0.624. The summed E-state index contributed by atoms with van der Waals surface area (Å²) in [6, 6.07) is 6.60. The Bertz CT molecular complexity index is 360. The second-order valence-corrected chi connectivity index (χ2v) is 2.61. The molecule has 0 fully saturated rings. The van der Waals surface area contributed by atoms with Gasteiger partial charge in [-0.15, -0.1) is 0 Å². The van der Waals surface area contributed by atoms with Gasteiger partial charge in [-0.1, -0.05) is 12.1 Å². The molecule has 0 aliphatic carbocycles. The summed E-state index contributed by atoms with van der Waals surface area (Å²) in [5.74, 6) is -0.833. The zero-order chi connectivity index (χ0) is 10.6. The second kappa shape index (κ2) is 4.41. The summed E-state index contributed by atoms with van der Waals surface area (Å²) < 4.78 is 4.96. The molecule has 0 aliphatic heterocycles. The number of ether oxygens (including phenoxy) is 1. The Balaban J connectivity index is 3.06. The van der Waals surface area contributed by atoms with E-state index in [2.05, 4.69) is 5.32 Å². The van der Waals surface area contributed by atoms with E-state index in [0.717, 1.165) is 0 Å². The number of carbonyl (C=O) groups excluding carboxylic acids is 2. The van der Waals surface area contributed by atoms with Gasteiger partial charge < -0.3 is 10.1 Å². The van der Waals surface area contributed by atoms with Gasteiger partial charge in [0.15, 0.2) is 0 Å². The minimum absolute atomic E-state index is 0.273. The second-order valence-electron chi connectivity index (χ2n) is 2.61. The number of hydrogen-bond acceptors (Lipinski definition) is 3. The number of likely N-dealkylation sites (N-methyl/N-ethyl adjacent to an activating group) is 1. The van der Waals surface area contributed by atoms with Gasteiger partial charge in [0.05, 0.1) is 12.7 Å². The third kappa shape index (κ3) is 1.90. The summed E-state index contributed by atoms with van der Waals surface area (Å²) in [6.07, 6.45) is 0. The molecule has 0 unspecified atom stereocenters. The van der Waals surface area contributed by atoms with Crippen LogP contribution in [0.2, 0.25) is 0 Å². The minimum atomic E-state index is -0.644. The topological polar surface area (TPSA) is 55.4 Å². The van der Waals surface area contributed by atoms with Gasteiger partial charge in [0.2, 0.25) is 0 Å². The number of rotatable bonds is 3. The molecule has 4 nitrogen and oxygen atoms in total. The summed E-state index contributed by atoms with van der Waals surface area (Å²) in [4.78, 5) is 22.5. The lowest BCUT2D eigenvalue weighted by Gasteiger charge is -2.05. The van der Waals surface area contributed by atoms with E-state index in [1.807, 2.05) is 0 Å². The van der Waals surface area contributed by atoms with E-state index in [-0.39, 0.29) is 5.56 Å². The highest BCUT2D eigenvalue weighted by molar-refractivity contribution is 6.43. The maximum absolute atomic E-state index is 11.5. The normalized spacial score (nSPS) is 9.29. The lowest BCUT2D eigenvalue weighted by Crippen LogP contribution is -2.27. The van der Waals surface area contributed by atoms with E-state index in [1.54, 1.807) is 24.3 Å². The van der Waals surface area contributed by atoms with Gasteiger partial charge in [-0.05, 0) is 12.1 Å². The molecule has 14 heavy (non-hydrogen) atoms. The van der Waals surface area contributed by atoms with Crippen molar-refractivity contribution < 1.29 is 14.3 Å². The highest BCUT2D eigenvalue weighted by Crippen LogP contribution is 2.17. The number of amides is 1. The lowest BCUT2D eigenvalue weighted by molar-refractivity contribution is -0.116. The quantitative estimate of drug-likeness (QED) is 0.565. The molecule has 0 bridgehead atoms. The molecular weight excluding hydrogens is 182 g/mol. The predicted molar refractivity (Wildman–Crippen MR) is 51.4 cm³/mol. The third-order valence-corrected chi connectivity index (χ3v) is 1.78. The molecule has 74 valence electrons. The highest BCUT2D eigenvalue weighted by atomic mass is 16.5. The largest absolute Gasteiger partial charge is 0.496 e. The zero-order valence-electron chi connectivity index (χ0n) is 8.03. The van der Waals surface area contributed by atoms with E-state index < -0.39 is 11.7 Å². The minimum Gasteiger partial charge on any atom is -0.496 e. The van der Waals surface area contributed by atoms with Crippen LogP contribution in [0.3, 0.4) is 0 Å². The van der Waals surface area contributed by atoms with Crippen LogP contribution in [-0.4, -0.2) is 25.8 Å². The van der Waals surface area contributed by atoms with E-state index in [0.29, 0.717) is 5.75 Å². The van der Waals surface area contributed by atoms with E-state index in [9.17, 15) is 9.59 Å². The molecule has 0 heterocycles. The molecule has 4 heteroatoms. The van der Waals surface area contributed by atoms with Crippen molar-refractivity contribution in [1.82, 2.24) is 5.32 Å². The summed E-state index contributed by atoms with van der Waals surface area (Å²) in [7, 11) is 2.87. The fourth-order valence-corrected chi connectivity index (χ4v) is 1.07. The standard InChI is InChI=1S/C10H11NO3/c1-11-10(13)9(12)7-5-3-4-6-8(7)14-2/h3-6H,1-2H3,(H,11,13). The summed E-state index contributed by atoms with van der Waals surface area (Å²) in [5.41, 5.74) is 0.273. The van der Waals surface area contributed by atoms with Gasteiger partial charge in [-0.25, -0.2) is 0 Å². The molecule has 1 amide bonds. The Kier molecular flexibility index (Phi) is 3.23. The Hall–Kier alpha value is -1.84. The first-order chi connectivity index (χ1) is 6.70. The van der Waals surface area contributed by atoms with Gasteiger partial charge in [-0.2, -0.15) is 0 Å². The SMILES string of the molecule is CNC(=O)C(=O)c1ccccc1OC. The third-order valence-electron chi connectivity index (χ3n) is 1.78. The van der Waals surface area contributed by atoms with Crippen LogP contribution in [0.4, 0.5) is 0 Å². The average Bonchev–Trinajstić information content (AvgIpc) is 2.26. The summed E-state index contributed by atoms with van der Waals surface area (Å²) in [6.45, 7) is 0. The first-order valence-corrected chi connectivity index (χ1v) is 4.10. The van der Waals surface area contributed by atoms with Crippen molar-refractivity contribution in [3.8, 4) is 5.75 Å². The Morgan fingerprint density at radius 2 is 1.93 bits per heavy atom. The zero-order valence-corrected chi connectivity index (χ0v) is 8.03.